The molecule has 3 N–H and O–H groups in total. The zero-order valence-electron chi connectivity index (χ0n) is 13.8. The summed E-state index contributed by atoms with van der Waals surface area (Å²) in [5, 5.41) is 3.71. The monoisotopic (exact) mass is 310 g/mol. The molecule has 0 saturated heterocycles. The summed E-state index contributed by atoms with van der Waals surface area (Å²) in [5.74, 6) is 1.77. The zero-order valence-corrected chi connectivity index (χ0v) is 13.8. The molecular weight excluding hydrogens is 284 g/mol. The minimum absolute atomic E-state index is 0.180. The molecule has 0 spiro atoms. The van der Waals surface area contributed by atoms with Crippen molar-refractivity contribution in [2.24, 2.45) is 5.92 Å². The highest BCUT2D eigenvalue weighted by atomic mass is 16.5. The third-order valence-electron chi connectivity index (χ3n) is 4.24. The van der Waals surface area contributed by atoms with Gasteiger partial charge in [-0.3, -0.25) is 0 Å². The largest absolute Gasteiger partial charge is 0.494 e. The van der Waals surface area contributed by atoms with Gasteiger partial charge in [-0.05, 0) is 67.1 Å². The number of nitrogen functional groups attached to an aromatic ring is 1. The Hall–Kier alpha value is -2.00. The highest BCUT2D eigenvalue weighted by Crippen LogP contribution is 2.31. The van der Waals surface area contributed by atoms with Crippen LogP contribution in [0.2, 0.25) is 0 Å². The molecule has 122 valence electrons. The van der Waals surface area contributed by atoms with Gasteiger partial charge in [-0.15, -0.1) is 0 Å². The Kier molecular flexibility index (Phi) is 5.19. The number of nitrogens with one attached hydrogen (secondary N) is 1. The van der Waals surface area contributed by atoms with Gasteiger partial charge in [0.2, 0.25) is 0 Å². The molecule has 1 aliphatic carbocycles. The summed E-state index contributed by atoms with van der Waals surface area (Å²) >= 11 is 0. The number of anilines is 1. The molecule has 0 aromatic heterocycles. The number of benzene rings is 2. The average Bonchev–Trinajstić information content (AvgIpc) is 3.39. The first kappa shape index (κ1) is 15.9. The molecule has 2 aromatic carbocycles. The molecule has 1 unspecified atom stereocenters. The van der Waals surface area contributed by atoms with Crippen LogP contribution in [0, 0.1) is 5.92 Å². The minimum atomic E-state index is 0.180. The summed E-state index contributed by atoms with van der Waals surface area (Å²) in [5.41, 5.74) is 9.25. The second kappa shape index (κ2) is 7.51. The van der Waals surface area contributed by atoms with Crippen LogP contribution < -0.4 is 15.8 Å². The Morgan fingerprint density at radius 2 is 1.91 bits per heavy atom. The topological polar surface area (TPSA) is 47.3 Å². The van der Waals surface area contributed by atoms with Gasteiger partial charge in [0, 0.05) is 5.69 Å². The van der Waals surface area contributed by atoms with Crippen LogP contribution >= 0.6 is 0 Å². The lowest BCUT2D eigenvalue weighted by Crippen LogP contribution is -2.24. The number of hydrogen-bond acceptors (Lipinski definition) is 3. The summed E-state index contributed by atoms with van der Waals surface area (Å²) in [6.07, 6.45) is 3.72. The van der Waals surface area contributed by atoms with Gasteiger partial charge < -0.3 is 15.8 Å². The number of rotatable bonds is 8. The van der Waals surface area contributed by atoms with Gasteiger partial charge in [-0.1, -0.05) is 31.2 Å². The molecule has 0 bridgehead atoms. The molecule has 0 aliphatic heterocycles. The van der Waals surface area contributed by atoms with E-state index in [-0.39, 0.29) is 6.04 Å². The third-order valence-corrected chi connectivity index (χ3v) is 4.24. The van der Waals surface area contributed by atoms with E-state index in [1.54, 1.807) is 0 Å². The Morgan fingerprint density at radius 1 is 1.13 bits per heavy atom. The van der Waals surface area contributed by atoms with Gasteiger partial charge in [0.15, 0.2) is 0 Å². The van der Waals surface area contributed by atoms with Gasteiger partial charge in [-0.2, -0.15) is 0 Å². The Labute approximate surface area is 138 Å². The molecule has 3 rings (SSSR count). The van der Waals surface area contributed by atoms with Crippen LogP contribution in [0.5, 0.6) is 5.75 Å². The van der Waals surface area contributed by atoms with Crippen LogP contribution in [-0.2, 0) is 0 Å². The summed E-state index contributed by atoms with van der Waals surface area (Å²) in [4.78, 5) is 0. The predicted molar refractivity (Wildman–Crippen MR) is 95.7 cm³/mol. The second-order valence-corrected chi connectivity index (χ2v) is 6.37. The second-order valence-electron chi connectivity index (χ2n) is 6.37. The van der Waals surface area contributed by atoms with Crippen molar-refractivity contribution >= 4 is 5.69 Å². The van der Waals surface area contributed by atoms with E-state index in [9.17, 15) is 0 Å². The Balaban J connectivity index is 1.78. The SMILES string of the molecule is CCCOc1ccc(C(NCC2CC2)c2cccc(N)c2)cc1. The fourth-order valence-electron chi connectivity index (χ4n) is 2.75. The van der Waals surface area contributed by atoms with E-state index in [1.807, 2.05) is 12.1 Å². The molecule has 0 radical (unpaired) electrons. The summed E-state index contributed by atoms with van der Waals surface area (Å²) in [7, 11) is 0. The molecule has 2 aromatic rings. The van der Waals surface area contributed by atoms with Crippen LogP contribution in [0.3, 0.4) is 0 Å². The number of nitrogens with two attached hydrogens (primary N) is 1. The number of ether oxygens (including phenoxy) is 1. The first-order valence-electron chi connectivity index (χ1n) is 8.58. The Bertz CT molecular complexity index is 620. The lowest BCUT2D eigenvalue weighted by molar-refractivity contribution is 0.317. The molecule has 0 heterocycles. The van der Waals surface area contributed by atoms with Crippen molar-refractivity contribution in [1.82, 2.24) is 5.32 Å². The fourth-order valence-corrected chi connectivity index (χ4v) is 2.75. The molecule has 0 amide bonds. The minimum Gasteiger partial charge on any atom is -0.494 e. The highest BCUT2D eigenvalue weighted by Gasteiger charge is 2.23. The zero-order chi connectivity index (χ0) is 16.1. The van der Waals surface area contributed by atoms with E-state index in [4.69, 9.17) is 10.5 Å². The van der Waals surface area contributed by atoms with Gasteiger partial charge in [0.05, 0.1) is 12.6 Å². The van der Waals surface area contributed by atoms with Gasteiger partial charge in [0.1, 0.15) is 5.75 Å². The van der Waals surface area contributed by atoms with Gasteiger partial charge in [-0.25, -0.2) is 0 Å². The lowest BCUT2D eigenvalue weighted by atomic mass is 9.98. The van der Waals surface area contributed by atoms with Gasteiger partial charge in [0.25, 0.3) is 0 Å². The van der Waals surface area contributed by atoms with Crippen molar-refractivity contribution < 1.29 is 4.74 Å². The van der Waals surface area contributed by atoms with Crippen molar-refractivity contribution in [1.29, 1.82) is 0 Å². The molecule has 3 heteroatoms. The van der Waals surface area contributed by atoms with Crippen molar-refractivity contribution in [2.75, 3.05) is 18.9 Å². The number of hydrogen-bond donors (Lipinski definition) is 2. The van der Waals surface area contributed by atoms with Crippen LogP contribution in [-0.4, -0.2) is 13.2 Å². The Morgan fingerprint density at radius 3 is 2.57 bits per heavy atom. The molecule has 23 heavy (non-hydrogen) atoms. The predicted octanol–water partition coefficient (Wildman–Crippen LogP) is 4.15. The van der Waals surface area contributed by atoms with Crippen molar-refractivity contribution in [3.63, 3.8) is 0 Å². The summed E-state index contributed by atoms with van der Waals surface area (Å²) in [6.45, 7) is 3.94. The first-order valence-corrected chi connectivity index (χ1v) is 8.58. The third kappa shape index (κ3) is 4.49. The van der Waals surface area contributed by atoms with Gasteiger partial charge >= 0.3 is 0 Å². The first-order chi connectivity index (χ1) is 11.3. The van der Waals surface area contributed by atoms with Crippen LogP contribution in [0.4, 0.5) is 5.69 Å². The molecular formula is C20H26N2O. The molecule has 1 fully saturated rings. The maximum Gasteiger partial charge on any atom is 0.119 e. The van der Waals surface area contributed by atoms with Crippen LogP contribution in [0.25, 0.3) is 0 Å². The van der Waals surface area contributed by atoms with Crippen LogP contribution in [0.15, 0.2) is 48.5 Å². The molecule has 1 atom stereocenters. The lowest BCUT2D eigenvalue weighted by Gasteiger charge is -2.20. The normalized spacial score (nSPS) is 15.3. The van der Waals surface area contributed by atoms with Crippen LogP contribution in [0.1, 0.15) is 43.4 Å². The van der Waals surface area contributed by atoms with E-state index >= 15 is 0 Å². The molecule has 1 aliphatic rings. The maximum atomic E-state index is 5.97. The molecule has 3 nitrogen and oxygen atoms in total. The highest BCUT2D eigenvalue weighted by molar-refractivity contribution is 5.44. The summed E-state index contributed by atoms with van der Waals surface area (Å²) < 4.78 is 5.68. The summed E-state index contributed by atoms with van der Waals surface area (Å²) in [6, 6.07) is 16.8. The van der Waals surface area contributed by atoms with Crippen molar-refractivity contribution in [2.45, 2.75) is 32.2 Å². The van der Waals surface area contributed by atoms with Crippen molar-refractivity contribution in [3.8, 4) is 5.75 Å². The van der Waals surface area contributed by atoms with E-state index in [0.717, 1.165) is 36.9 Å². The van der Waals surface area contributed by atoms with E-state index in [2.05, 4.69) is 48.6 Å². The van der Waals surface area contributed by atoms with E-state index in [1.165, 1.54) is 24.0 Å². The maximum absolute atomic E-state index is 5.97. The quantitative estimate of drug-likeness (QED) is 0.720. The smallest absolute Gasteiger partial charge is 0.119 e. The fraction of sp³-hybridized carbons (Fsp3) is 0.400. The van der Waals surface area contributed by atoms with Crippen molar-refractivity contribution in [3.05, 3.63) is 59.7 Å². The van der Waals surface area contributed by atoms with E-state index < -0.39 is 0 Å². The van der Waals surface area contributed by atoms with E-state index in [0.29, 0.717) is 0 Å². The molecule has 1 saturated carbocycles. The average molecular weight is 310 g/mol. The standard InChI is InChI=1S/C20H26N2O/c1-2-12-23-19-10-8-16(9-11-19)20(22-14-15-6-7-15)17-4-3-5-18(21)13-17/h3-5,8-11,13,15,20,22H,2,6-7,12,14,21H2,1H3.